The molecule has 0 saturated carbocycles. The van der Waals surface area contributed by atoms with Crippen LogP contribution in [0.15, 0.2) is 17.1 Å². The number of hydrogen-bond donors (Lipinski definition) is 6. The highest BCUT2D eigenvalue weighted by atomic mass is 16.8. The van der Waals surface area contributed by atoms with Crippen LogP contribution in [0.5, 0.6) is 0 Å². The van der Waals surface area contributed by atoms with Gasteiger partial charge < -0.3 is 41.4 Å². The number of aliphatic hydroxyl groups excluding tert-OH is 3. The predicted octanol–water partition coefficient (Wildman–Crippen LogP) is -4.11. The number of nitrogen functional groups attached to an aromatic ring is 1. The van der Waals surface area contributed by atoms with Crippen LogP contribution in [0.3, 0.4) is 0 Å². The van der Waals surface area contributed by atoms with E-state index in [9.17, 15) is 20.1 Å². The molecule has 0 radical (unpaired) electrons. The molecule has 0 aromatic carbocycles. The summed E-state index contributed by atoms with van der Waals surface area (Å²) >= 11 is 0. The Balaban J connectivity index is 2.18. The zero-order valence-electron chi connectivity index (χ0n) is 11.4. The maximum Gasteiger partial charge on any atom is 0.351 e. The number of rotatable bonds is 4. The molecule has 2 heterocycles. The first kappa shape index (κ1) is 16.8. The van der Waals surface area contributed by atoms with Crippen LogP contribution in [0.2, 0.25) is 0 Å². The van der Waals surface area contributed by atoms with E-state index < -0.39 is 49.4 Å². The van der Waals surface area contributed by atoms with Crippen molar-refractivity contribution in [1.82, 2.24) is 9.55 Å². The molecule has 8 N–H and O–H groups in total. The summed E-state index contributed by atoms with van der Waals surface area (Å²) in [6.07, 6.45) is -3.23. The highest BCUT2D eigenvalue weighted by molar-refractivity contribution is 5.25. The Bertz CT molecular complexity index is 580. The van der Waals surface area contributed by atoms with Crippen molar-refractivity contribution in [3.8, 4) is 0 Å². The summed E-state index contributed by atoms with van der Waals surface area (Å²) in [5, 5.41) is 38.8. The largest absolute Gasteiger partial charge is 0.394 e. The fourth-order valence-corrected chi connectivity index (χ4v) is 2.02. The molecule has 1 saturated heterocycles. The van der Waals surface area contributed by atoms with Crippen molar-refractivity contribution in [2.24, 2.45) is 5.73 Å². The Hall–Kier alpha value is -1.60. The summed E-state index contributed by atoms with van der Waals surface area (Å²) in [6.45, 7) is -1.25. The van der Waals surface area contributed by atoms with Crippen LogP contribution in [0.4, 0.5) is 5.82 Å². The number of hydrogen-bond acceptors (Lipinski definition) is 10. The summed E-state index contributed by atoms with van der Waals surface area (Å²) in [7, 11) is 0. The van der Waals surface area contributed by atoms with Gasteiger partial charge in [-0.15, -0.1) is 0 Å². The second-order valence-electron chi connectivity index (χ2n) is 4.83. The van der Waals surface area contributed by atoms with Crippen LogP contribution < -0.4 is 17.2 Å². The van der Waals surface area contributed by atoms with Gasteiger partial charge in [-0.25, -0.2) is 9.78 Å². The summed E-state index contributed by atoms with van der Waals surface area (Å²) in [4.78, 5) is 15.0. The lowest BCUT2D eigenvalue weighted by atomic mass is 9.96. The number of nitrogens with zero attached hydrogens (tertiary/aromatic N) is 2. The molecule has 1 aromatic heterocycles. The van der Waals surface area contributed by atoms with E-state index in [1.807, 2.05) is 0 Å². The zero-order valence-corrected chi connectivity index (χ0v) is 11.4. The lowest BCUT2D eigenvalue weighted by Gasteiger charge is -2.45. The molecule has 0 unspecified atom stereocenters. The highest BCUT2D eigenvalue weighted by Crippen LogP contribution is 2.28. The van der Waals surface area contributed by atoms with E-state index in [1.54, 1.807) is 0 Å². The Labute approximate surface area is 124 Å². The van der Waals surface area contributed by atoms with Gasteiger partial charge in [-0.05, 0) is 6.07 Å². The van der Waals surface area contributed by atoms with Gasteiger partial charge in [-0.3, -0.25) is 4.57 Å². The van der Waals surface area contributed by atoms with E-state index in [1.165, 1.54) is 12.3 Å². The first-order valence-electron chi connectivity index (χ1n) is 6.38. The quantitative estimate of drug-likeness (QED) is 0.298. The minimum absolute atomic E-state index is 0.0206. The lowest BCUT2D eigenvalue weighted by molar-refractivity contribution is -0.430. The fraction of sp³-hybridized carbons (Fsp3) is 0.636. The van der Waals surface area contributed by atoms with Gasteiger partial charge >= 0.3 is 11.7 Å². The number of aliphatic hydroxyl groups is 4. The average molecular weight is 318 g/mol. The van der Waals surface area contributed by atoms with Crippen LogP contribution in [0.1, 0.15) is 0 Å². The molecule has 1 aromatic rings. The van der Waals surface area contributed by atoms with E-state index in [4.69, 9.17) is 26.0 Å². The first-order chi connectivity index (χ1) is 10.3. The Kier molecular flexibility index (Phi) is 4.77. The second-order valence-corrected chi connectivity index (χ2v) is 4.83. The van der Waals surface area contributed by atoms with E-state index in [0.717, 1.165) is 4.57 Å². The molecular weight excluding hydrogens is 300 g/mol. The van der Waals surface area contributed by atoms with Crippen molar-refractivity contribution in [2.75, 3.05) is 12.3 Å². The zero-order chi connectivity index (χ0) is 16.5. The van der Waals surface area contributed by atoms with Gasteiger partial charge in [0.1, 0.15) is 36.9 Å². The van der Waals surface area contributed by atoms with E-state index in [0.29, 0.717) is 0 Å². The normalized spacial score (nSPS) is 35.5. The predicted molar refractivity (Wildman–Crippen MR) is 70.9 cm³/mol. The summed E-state index contributed by atoms with van der Waals surface area (Å²) in [5.74, 6) is -2.51. The molecular formula is C11H18N4O7. The van der Waals surface area contributed by atoms with Crippen molar-refractivity contribution in [1.29, 1.82) is 0 Å². The van der Waals surface area contributed by atoms with Crippen LogP contribution in [0, 0.1) is 0 Å². The smallest absolute Gasteiger partial charge is 0.351 e. The van der Waals surface area contributed by atoms with Gasteiger partial charge in [0.25, 0.3) is 0 Å². The molecule has 0 spiro atoms. The molecule has 0 amide bonds. The first-order valence-corrected chi connectivity index (χ1v) is 6.38. The molecule has 1 fully saturated rings. The lowest BCUT2D eigenvalue weighted by Crippen LogP contribution is -2.69. The second kappa shape index (κ2) is 6.26. The maximum absolute atomic E-state index is 11.5. The number of aromatic nitrogens is 2. The Morgan fingerprint density at radius 3 is 2.73 bits per heavy atom. The summed E-state index contributed by atoms with van der Waals surface area (Å²) < 4.78 is 10.9. The molecule has 11 heteroatoms. The molecule has 2 rings (SSSR count). The van der Waals surface area contributed by atoms with Gasteiger partial charge in [0.15, 0.2) is 0 Å². The van der Waals surface area contributed by atoms with Gasteiger partial charge in [0, 0.05) is 6.20 Å². The third-order valence-corrected chi connectivity index (χ3v) is 3.39. The Morgan fingerprint density at radius 2 is 2.14 bits per heavy atom. The van der Waals surface area contributed by atoms with E-state index >= 15 is 0 Å². The molecule has 124 valence electrons. The summed E-state index contributed by atoms with van der Waals surface area (Å²) in [5.41, 5.74) is 10.4. The highest BCUT2D eigenvalue weighted by Gasteiger charge is 2.53. The number of anilines is 1. The topological polar surface area (TPSA) is 186 Å². The van der Waals surface area contributed by atoms with Gasteiger partial charge in [-0.1, -0.05) is 0 Å². The van der Waals surface area contributed by atoms with Gasteiger partial charge in [0.2, 0.25) is 0 Å². The standard InChI is InChI=1S/C11H18N4O7/c12-6-1-2-14-10(19)15(6)4-21-11(20)9(13)8(18)7(17)5(3-16)22-11/h1-2,5,7-9,16-18,20H,3-4,12-13H2/t5-,7-,8+,9-,11+/m1/s1. The molecule has 0 bridgehead atoms. The maximum atomic E-state index is 11.5. The van der Waals surface area contributed by atoms with Crippen LogP contribution in [0.25, 0.3) is 0 Å². The summed E-state index contributed by atoms with van der Waals surface area (Å²) in [6, 6.07) is -0.204. The molecule has 1 aliphatic rings. The molecule has 22 heavy (non-hydrogen) atoms. The van der Waals surface area contributed by atoms with Gasteiger partial charge in [0.05, 0.1) is 6.61 Å². The molecule has 1 aliphatic heterocycles. The molecule has 11 nitrogen and oxygen atoms in total. The Morgan fingerprint density at radius 1 is 1.45 bits per heavy atom. The number of ether oxygens (including phenoxy) is 2. The van der Waals surface area contributed by atoms with Crippen molar-refractivity contribution < 1.29 is 29.9 Å². The number of nitrogens with two attached hydrogens (primary N) is 2. The van der Waals surface area contributed by atoms with Crippen LogP contribution in [-0.4, -0.2) is 66.9 Å². The van der Waals surface area contributed by atoms with Crippen LogP contribution in [-0.2, 0) is 16.2 Å². The third-order valence-electron chi connectivity index (χ3n) is 3.39. The van der Waals surface area contributed by atoms with Crippen molar-refractivity contribution in [3.63, 3.8) is 0 Å². The van der Waals surface area contributed by atoms with Crippen molar-refractivity contribution >= 4 is 5.82 Å². The van der Waals surface area contributed by atoms with Crippen molar-refractivity contribution in [3.05, 3.63) is 22.7 Å². The van der Waals surface area contributed by atoms with E-state index in [2.05, 4.69) is 4.98 Å². The SMILES string of the molecule is Nc1ccnc(=O)n1CO[C@]1(O)O[C@H](CO)[C@@H](O)[C@H](O)[C@H]1N. The minimum atomic E-state index is -2.53. The third kappa shape index (κ3) is 2.96. The monoisotopic (exact) mass is 318 g/mol. The molecule has 5 atom stereocenters. The minimum Gasteiger partial charge on any atom is -0.394 e. The molecule has 0 aliphatic carbocycles. The van der Waals surface area contributed by atoms with Crippen LogP contribution >= 0.6 is 0 Å². The van der Waals surface area contributed by atoms with Gasteiger partial charge in [-0.2, -0.15) is 0 Å². The van der Waals surface area contributed by atoms with E-state index in [-0.39, 0.29) is 5.82 Å². The fourth-order valence-electron chi connectivity index (χ4n) is 2.02. The van der Waals surface area contributed by atoms with Crippen molar-refractivity contribution in [2.45, 2.75) is 37.1 Å². The average Bonchev–Trinajstić information content (AvgIpc) is 2.49.